The third-order valence-electron chi connectivity index (χ3n) is 2.86. The van der Waals surface area contributed by atoms with Crippen LogP contribution in [-0.2, 0) is 6.42 Å². The number of benzene rings is 1. The lowest BCUT2D eigenvalue weighted by Crippen LogP contribution is -2.04. The molecule has 1 heterocycles. The Balaban J connectivity index is 2.44. The number of halogens is 2. The predicted octanol–water partition coefficient (Wildman–Crippen LogP) is 4.41. The molecular weight excluding hydrogens is 297 g/mol. The van der Waals surface area contributed by atoms with E-state index in [1.165, 1.54) is 0 Å². The first-order chi connectivity index (χ1) is 9.55. The van der Waals surface area contributed by atoms with Gasteiger partial charge in [0.15, 0.2) is 0 Å². The van der Waals surface area contributed by atoms with Crippen molar-refractivity contribution in [3.63, 3.8) is 0 Å². The minimum absolute atomic E-state index is 0.445. The molecule has 106 valence electrons. The number of rotatable bonds is 4. The van der Waals surface area contributed by atoms with Gasteiger partial charge in [0.2, 0.25) is 0 Å². The smallest absolute Gasteiger partial charge is 0.142 e. The van der Waals surface area contributed by atoms with E-state index in [-0.39, 0.29) is 0 Å². The average Bonchev–Trinajstić information content (AvgIpc) is 2.44. The van der Waals surface area contributed by atoms with Crippen molar-refractivity contribution >= 4 is 34.7 Å². The summed E-state index contributed by atoms with van der Waals surface area (Å²) in [4.78, 5) is 8.66. The van der Waals surface area contributed by atoms with Crippen molar-refractivity contribution in [1.29, 1.82) is 0 Å². The van der Waals surface area contributed by atoms with Crippen molar-refractivity contribution in [2.24, 2.45) is 0 Å². The largest absolute Gasteiger partial charge is 0.495 e. The highest BCUT2D eigenvalue weighted by Gasteiger charge is 2.11. The van der Waals surface area contributed by atoms with Gasteiger partial charge in [-0.15, -0.1) is 0 Å². The van der Waals surface area contributed by atoms with Gasteiger partial charge in [0, 0.05) is 17.0 Å². The normalized spacial score (nSPS) is 10.4. The molecule has 0 saturated carbocycles. The van der Waals surface area contributed by atoms with Gasteiger partial charge in [-0.3, -0.25) is 0 Å². The molecule has 1 aromatic heterocycles. The van der Waals surface area contributed by atoms with Gasteiger partial charge in [-0.25, -0.2) is 9.97 Å². The molecule has 1 aromatic carbocycles. The molecular formula is C14H15Cl2N3O. The minimum Gasteiger partial charge on any atom is -0.495 e. The molecule has 1 N–H and O–H groups in total. The minimum atomic E-state index is 0.445. The topological polar surface area (TPSA) is 47.0 Å². The maximum Gasteiger partial charge on any atom is 0.142 e. The van der Waals surface area contributed by atoms with Gasteiger partial charge in [-0.1, -0.05) is 30.1 Å². The Morgan fingerprint density at radius 2 is 2.00 bits per heavy atom. The van der Waals surface area contributed by atoms with Crippen molar-refractivity contribution < 1.29 is 4.74 Å². The van der Waals surface area contributed by atoms with Crippen LogP contribution in [0.4, 0.5) is 11.5 Å². The zero-order chi connectivity index (χ0) is 14.7. The molecule has 6 heteroatoms. The van der Waals surface area contributed by atoms with Gasteiger partial charge in [0.25, 0.3) is 0 Å². The summed E-state index contributed by atoms with van der Waals surface area (Å²) in [6.45, 7) is 3.84. The number of ether oxygens (including phenoxy) is 1. The van der Waals surface area contributed by atoms with Crippen LogP contribution in [0.2, 0.25) is 10.2 Å². The van der Waals surface area contributed by atoms with Gasteiger partial charge >= 0.3 is 0 Å². The van der Waals surface area contributed by atoms with Crippen molar-refractivity contribution in [3.05, 3.63) is 39.8 Å². The number of hydrogen-bond donors (Lipinski definition) is 1. The lowest BCUT2D eigenvalue weighted by atomic mass is 10.2. The molecule has 0 saturated heterocycles. The lowest BCUT2D eigenvalue weighted by Gasteiger charge is -2.14. The maximum absolute atomic E-state index is 6.12. The fourth-order valence-corrected chi connectivity index (χ4v) is 2.08. The standard InChI is InChI=1S/C14H15Cl2N3O/c1-4-12-18-13(16)8(2)14(19-12)17-10-7-9(15)5-6-11(10)20-3/h5-7H,4H2,1-3H3,(H,17,18,19). The maximum atomic E-state index is 6.12. The second-order valence-corrected chi connectivity index (χ2v) is 5.02. The summed E-state index contributed by atoms with van der Waals surface area (Å²) >= 11 is 12.1. The van der Waals surface area contributed by atoms with Crippen LogP contribution < -0.4 is 10.1 Å². The lowest BCUT2D eigenvalue weighted by molar-refractivity contribution is 0.417. The van der Waals surface area contributed by atoms with E-state index in [2.05, 4.69) is 15.3 Å². The summed E-state index contributed by atoms with van der Waals surface area (Å²) in [5.41, 5.74) is 1.52. The van der Waals surface area contributed by atoms with E-state index in [9.17, 15) is 0 Å². The molecule has 0 amide bonds. The third kappa shape index (κ3) is 3.14. The predicted molar refractivity (Wildman–Crippen MR) is 82.4 cm³/mol. The van der Waals surface area contributed by atoms with Crippen LogP contribution in [0.3, 0.4) is 0 Å². The molecule has 0 unspecified atom stereocenters. The van der Waals surface area contributed by atoms with Crippen LogP contribution in [0.25, 0.3) is 0 Å². The van der Waals surface area contributed by atoms with E-state index in [1.807, 2.05) is 13.8 Å². The number of hydrogen-bond acceptors (Lipinski definition) is 4. The highest BCUT2D eigenvalue weighted by atomic mass is 35.5. The second kappa shape index (κ2) is 6.29. The zero-order valence-corrected chi connectivity index (χ0v) is 13.0. The van der Waals surface area contributed by atoms with Crippen molar-refractivity contribution in [1.82, 2.24) is 9.97 Å². The van der Waals surface area contributed by atoms with Gasteiger partial charge in [-0.2, -0.15) is 0 Å². The molecule has 0 aliphatic heterocycles. The van der Waals surface area contributed by atoms with Crippen molar-refractivity contribution in [3.8, 4) is 5.75 Å². The molecule has 0 bridgehead atoms. The van der Waals surface area contributed by atoms with E-state index < -0.39 is 0 Å². The molecule has 0 spiro atoms. The Kier molecular flexibility index (Phi) is 4.68. The average molecular weight is 312 g/mol. The molecule has 0 aliphatic rings. The Morgan fingerprint density at radius 1 is 1.25 bits per heavy atom. The number of nitrogens with zero attached hydrogens (tertiary/aromatic N) is 2. The first-order valence-electron chi connectivity index (χ1n) is 6.18. The monoisotopic (exact) mass is 311 g/mol. The Bertz CT molecular complexity index is 632. The summed E-state index contributed by atoms with van der Waals surface area (Å²) in [5.74, 6) is 2.02. The first-order valence-corrected chi connectivity index (χ1v) is 6.94. The van der Waals surface area contributed by atoms with Gasteiger partial charge in [-0.05, 0) is 25.1 Å². The molecule has 2 aromatic rings. The van der Waals surface area contributed by atoms with Gasteiger partial charge < -0.3 is 10.1 Å². The summed E-state index contributed by atoms with van der Waals surface area (Å²) < 4.78 is 5.30. The summed E-state index contributed by atoms with van der Waals surface area (Å²) in [6, 6.07) is 5.34. The second-order valence-electron chi connectivity index (χ2n) is 4.23. The van der Waals surface area contributed by atoms with Crippen LogP contribution in [-0.4, -0.2) is 17.1 Å². The van der Waals surface area contributed by atoms with Crippen LogP contribution in [0.15, 0.2) is 18.2 Å². The Labute approximate surface area is 128 Å². The number of anilines is 2. The first kappa shape index (κ1) is 14.9. The molecule has 0 aliphatic carbocycles. The van der Waals surface area contributed by atoms with Gasteiger partial charge in [0.1, 0.15) is 22.5 Å². The van der Waals surface area contributed by atoms with E-state index in [4.69, 9.17) is 27.9 Å². The fraction of sp³-hybridized carbons (Fsp3) is 0.286. The summed E-state index contributed by atoms with van der Waals surface area (Å²) in [5, 5.41) is 4.26. The molecule has 20 heavy (non-hydrogen) atoms. The van der Waals surface area contributed by atoms with E-state index in [0.717, 1.165) is 11.3 Å². The van der Waals surface area contributed by atoms with E-state index in [1.54, 1.807) is 25.3 Å². The summed E-state index contributed by atoms with van der Waals surface area (Å²) in [7, 11) is 1.60. The van der Waals surface area contributed by atoms with E-state index >= 15 is 0 Å². The van der Waals surface area contributed by atoms with E-state index in [0.29, 0.717) is 34.0 Å². The fourth-order valence-electron chi connectivity index (χ4n) is 1.72. The third-order valence-corrected chi connectivity index (χ3v) is 3.47. The summed E-state index contributed by atoms with van der Waals surface area (Å²) in [6.07, 6.45) is 0.710. The highest BCUT2D eigenvalue weighted by molar-refractivity contribution is 6.31. The molecule has 2 rings (SSSR count). The van der Waals surface area contributed by atoms with Crippen LogP contribution in [0.1, 0.15) is 18.3 Å². The molecule has 0 atom stereocenters. The zero-order valence-electron chi connectivity index (χ0n) is 11.5. The Hall–Kier alpha value is -1.52. The van der Waals surface area contributed by atoms with Crippen LogP contribution in [0, 0.1) is 6.92 Å². The molecule has 0 radical (unpaired) electrons. The number of aryl methyl sites for hydroxylation is 1. The number of methoxy groups -OCH3 is 1. The quantitative estimate of drug-likeness (QED) is 0.850. The van der Waals surface area contributed by atoms with Crippen molar-refractivity contribution in [2.75, 3.05) is 12.4 Å². The van der Waals surface area contributed by atoms with Gasteiger partial charge in [0.05, 0.1) is 12.8 Å². The Morgan fingerprint density at radius 3 is 2.65 bits per heavy atom. The molecule has 4 nitrogen and oxygen atoms in total. The van der Waals surface area contributed by atoms with Crippen LogP contribution >= 0.6 is 23.2 Å². The number of aromatic nitrogens is 2. The van der Waals surface area contributed by atoms with Crippen molar-refractivity contribution in [2.45, 2.75) is 20.3 Å². The highest BCUT2D eigenvalue weighted by Crippen LogP contribution is 2.32. The SMILES string of the molecule is CCc1nc(Cl)c(C)c(Nc2cc(Cl)ccc2OC)n1. The number of nitrogens with one attached hydrogen (secondary N) is 1. The molecule has 0 fully saturated rings. The van der Waals surface area contributed by atoms with Crippen LogP contribution in [0.5, 0.6) is 5.75 Å².